The highest BCUT2D eigenvalue weighted by Gasteiger charge is 2.22. The van der Waals surface area contributed by atoms with Crippen LogP contribution in [0.25, 0.3) is 28.0 Å². The minimum absolute atomic E-state index is 0.109. The number of aryl methyl sites for hydroxylation is 1. The molecule has 0 aliphatic carbocycles. The number of unbranched alkanes of at least 4 members (excludes halogenated alkanes) is 1. The molecule has 2 heterocycles. The van der Waals surface area contributed by atoms with E-state index in [-0.39, 0.29) is 28.2 Å². The summed E-state index contributed by atoms with van der Waals surface area (Å²) in [5.74, 6) is -2.71. The zero-order chi connectivity index (χ0) is 27.4. The van der Waals surface area contributed by atoms with Crippen molar-refractivity contribution in [3.63, 3.8) is 0 Å². The van der Waals surface area contributed by atoms with E-state index in [1.807, 2.05) is 6.92 Å². The van der Waals surface area contributed by atoms with Crippen LogP contribution >= 0.6 is 0 Å². The zero-order valence-electron chi connectivity index (χ0n) is 20.6. The summed E-state index contributed by atoms with van der Waals surface area (Å²) >= 11 is 0. The molecule has 9 nitrogen and oxygen atoms in total. The number of benzene rings is 2. The number of anilines is 1. The highest BCUT2D eigenvalue weighted by atomic mass is 19.1. The minimum atomic E-state index is -0.975. The Labute approximate surface area is 216 Å². The van der Waals surface area contributed by atoms with Crippen LogP contribution < -0.4 is 16.6 Å². The third-order valence-electron chi connectivity index (χ3n) is 6.13. The topological polar surface area (TPSA) is 143 Å². The van der Waals surface area contributed by atoms with E-state index in [0.717, 1.165) is 41.2 Å². The number of halogens is 2. The van der Waals surface area contributed by atoms with Gasteiger partial charge in [0.25, 0.3) is 5.56 Å². The van der Waals surface area contributed by atoms with E-state index >= 15 is 0 Å². The first-order valence-corrected chi connectivity index (χ1v) is 12.1. The number of nitrogens with one attached hydrogen (secondary N) is 1. The van der Waals surface area contributed by atoms with Crippen molar-refractivity contribution < 1.29 is 23.8 Å². The Bertz CT molecular complexity index is 1530. The van der Waals surface area contributed by atoms with Crippen LogP contribution in [0.1, 0.15) is 35.7 Å². The van der Waals surface area contributed by atoms with Crippen LogP contribution in [0.4, 0.5) is 14.7 Å². The minimum Gasteiger partial charge on any atom is -0.394 e. The number of nitrogens with two attached hydrogens (primary N) is 1. The van der Waals surface area contributed by atoms with Crippen LogP contribution in [0, 0.1) is 11.6 Å². The number of nitrogens with zero attached hydrogens (tertiary/aromatic N) is 3. The molecule has 0 spiro atoms. The molecule has 198 valence electrons. The number of fused-ring (bicyclic) bond motifs is 1. The number of para-hydroxylation sites is 1. The first-order chi connectivity index (χ1) is 18.3. The Hall–Kier alpha value is -4.22. The lowest BCUT2D eigenvalue weighted by molar-refractivity contribution is 0.1000. The molecular formula is C27H27F2N5O4. The summed E-state index contributed by atoms with van der Waals surface area (Å²) < 4.78 is 30.5. The first-order valence-electron chi connectivity index (χ1n) is 12.1. The summed E-state index contributed by atoms with van der Waals surface area (Å²) in [4.78, 5) is 34.0. The van der Waals surface area contributed by atoms with E-state index in [9.17, 15) is 28.6 Å². The number of pyridine rings is 1. The first kappa shape index (κ1) is 26.8. The van der Waals surface area contributed by atoms with Crippen molar-refractivity contribution in [2.24, 2.45) is 5.73 Å². The van der Waals surface area contributed by atoms with Crippen molar-refractivity contribution in [3.05, 3.63) is 81.6 Å². The molecule has 38 heavy (non-hydrogen) atoms. The SMILES string of the molecule is CCCCc1ccc(C(N)=O)cc1-c1nc(NC(CO)CO)nc2c1ccc(=O)n2-c1c(F)cccc1F. The van der Waals surface area contributed by atoms with Crippen molar-refractivity contribution in [1.29, 1.82) is 0 Å². The fraction of sp³-hybridized carbons (Fsp3) is 0.259. The molecule has 0 aliphatic heterocycles. The van der Waals surface area contributed by atoms with E-state index in [0.29, 0.717) is 12.0 Å². The van der Waals surface area contributed by atoms with Crippen LogP contribution in [-0.2, 0) is 6.42 Å². The lowest BCUT2D eigenvalue weighted by Crippen LogP contribution is -2.29. The van der Waals surface area contributed by atoms with Crippen LogP contribution in [0.3, 0.4) is 0 Å². The zero-order valence-corrected chi connectivity index (χ0v) is 20.6. The van der Waals surface area contributed by atoms with Crippen LogP contribution in [0.2, 0.25) is 0 Å². The fourth-order valence-corrected chi connectivity index (χ4v) is 4.17. The van der Waals surface area contributed by atoms with Gasteiger partial charge in [-0.05, 0) is 48.7 Å². The summed E-state index contributed by atoms with van der Waals surface area (Å²) in [5.41, 5.74) is 5.91. The molecule has 11 heteroatoms. The average Bonchev–Trinajstić information content (AvgIpc) is 2.91. The number of aliphatic hydroxyl groups excluding tert-OH is 2. The highest BCUT2D eigenvalue weighted by molar-refractivity contribution is 5.97. The highest BCUT2D eigenvalue weighted by Crippen LogP contribution is 2.32. The van der Waals surface area contributed by atoms with Gasteiger partial charge >= 0.3 is 0 Å². The summed E-state index contributed by atoms with van der Waals surface area (Å²) in [6, 6.07) is 9.93. The second-order valence-electron chi connectivity index (χ2n) is 8.76. The molecule has 0 saturated carbocycles. The molecule has 4 aromatic rings. The molecule has 0 saturated heterocycles. The predicted octanol–water partition coefficient (Wildman–Crippen LogP) is 2.93. The fourth-order valence-electron chi connectivity index (χ4n) is 4.17. The Balaban J connectivity index is 2.12. The van der Waals surface area contributed by atoms with Gasteiger partial charge in [0.2, 0.25) is 11.9 Å². The number of aromatic nitrogens is 3. The Morgan fingerprint density at radius 1 is 1.08 bits per heavy atom. The van der Waals surface area contributed by atoms with Crippen molar-refractivity contribution in [2.45, 2.75) is 32.2 Å². The smallest absolute Gasteiger partial charge is 0.256 e. The van der Waals surface area contributed by atoms with E-state index in [4.69, 9.17) is 5.73 Å². The molecule has 0 bridgehead atoms. The molecule has 2 aromatic carbocycles. The molecular weight excluding hydrogens is 496 g/mol. The van der Waals surface area contributed by atoms with Crippen molar-refractivity contribution in [1.82, 2.24) is 14.5 Å². The van der Waals surface area contributed by atoms with E-state index < -0.39 is 48.0 Å². The van der Waals surface area contributed by atoms with Gasteiger partial charge in [-0.3, -0.25) is 14.2 Å². The Morgan fingerprint density at radius 3 is 2.42 bits per heavy atom. The number of amides is 1. The maximum absolute atomic E-state index is 14.9. The quantitative estimate of drug-likeness (QED) is 0.250. The van der Waals surface area contributed by atoms with Gasteiger partial charge in [-0.25, -0.2) is 13.8 Å². The second kappa shape index (κ2) is 11.4. The van der Waals surface area contributed by atoms with E-state index in [1.165, 1.54) is 12.1 Å². The molecule has 0 unspecified atom stereocenters. The molecule has 5 N–H and O–H groups in total. The van der Waals surface area contributed by atoms with Gasteiger partial charge in [-0.1, -0.05) is 25.5 Å². The maximum atomic E-state index is 14.9. The van der Waals surface area contributed by atoms with E-state index in [2.05, 4.69) is 15.3 Å². The number of carbonyl (C=O) groups is 1. The number of aliphatic hydroxyl groups is 2. The van der Waals surface area contributed by atoms with Crippen molar-refractivity contribution in [2.75, 3.05) is 18.5 Å². The molecule has 0 atom stereocenters. The molecule has 0 aliphatic rings. The van der Waals surface area contributed by atoms with Gasteiger partial charge in [0.1, 0.15) is 17.3 Å². The van der Waals surface area contributed by atoms with Crippen LogP contribution in [-0.4, -0.2) is 49.9 Å². The Kier molecular flexibility index (Phi) is 8.08. The normalized spacial score (nSPS) is 11.3. The Morgan fingerprint density at radius 2 is 1.79 bits per heavy atom. The van der Waals surface area contributed by atoms with Crippen molar-refractivity contribution >= 4 is 22.9 Å². The summed E-state index contributed by atoms with van der Waals surface area (Å²) in [6.45, 7) is 1.11. The maximum Gasteiger partial charge on any atom is 0.256 e. The molecule has 0 radical (unpaired) electrons. The monoisotopic (exact) mass is 523 g/mol. The standard InChI is InChI=1S/C27H27F2N5O4/c1-2-3-5-15-8-9-16(25(30)38)12-19(15)23-18-10-11-22(37)34(24-20(28)6-4-7-21(24)29)26(18)33-27(32-23)31-17(13-35)14-36/h4,6-12,17,35-36H,2-3,5,13-14H2,1H3,(H2,30,38)(H,31,32,33). The summed E-state index contributed by atoms with van der Waals surface area (Å²) in [6.07, 6.45) is 2.37. The van der Waals surface area contributed by atoms with Gasteiger partial charge in [-0.2, -0.15) is 4.98 Å². The molecule has 4 rings (SSSR count). The van der Waals surface area contributed by atoms with Gasteiger partial charge in [-0.15, -0.1) is 0 Å². The average molecular weight is 524 g/mol. The number of primary amides is 1. The number of carbonyl (C=O) groups excluding carboxylic acids is 1. The van der Waals surface area contributed by atoms with Gasteiger partial charge in [0.05, 0.1) is 24.9 Å². The van der Waals surface area contributed by atoms with Crippen LogP contribution in [0.15, 0.2) is 53.3 Å². The number of hydrogen-bond donors (Lipinski definition) is 4. The predicted molar refractivity (Wildman–Crippen MR) is 139 cm³/mol. The summed E-state index contributed by atoms with van der Waals surface area (Å²) in [7, 11) is 0. The lowest BCUT2D eigenvalue weighted by Gasteiger charge is -2.19. The third-order valence-corrected chi connectivity index (χ3v) is 6.13. The van der Waals surface area contributed by atoms with Gasteiger partial charge < -0.3 is 21.3 Å². The van der Waals surface area contributed by atoms with Gasteiger partial charge in [0.15, 0.2) is 5.65 Å². The van der Waals surface area contributed by atoms with Crippen molar-refractivity contribution in [3.8, 4) is 16.9 Å². The largest absolute Gasteiger partial charge is 0.394 e. The number of hydrogen-bond acceptors (Lipinski definition) is 7. The lowest BCUT2D eigenvalue weighted by atomic mass is 9.95. The summed E-state index contributed by atoms with van der Waals surface area (Å²) in [5, 5.41) is 22.3. The second-order valence-corrected chi connectivity index (χ2v) is 8.76. The molecule has 1 amide bonds. The molecule has 2 aromatic heterocycles. The third kappa shape index (κ3) is 5.24. The number of rotatable bonds is 10. The molecule has 0 fully saturated rings. The van der Waals surface area contributed by atoms with Gasteiger partial charge in [0, 0.05) is 22.6 Å². The van der Waals surface area contributed by atoms with E-state index in [1.54, 1.807) is 18.2 Å². The van der Waals surface area contributed by atoms with Crippen LogP contribution in [0.5, 0.6) is 0 Å².